The molecule has 0 unspecified atom stereocenters. The van der Waals surface area contributed by atoms with Gasteiger partial charge in [-0.25, -0.2) is 0 Å². The minimum atomic E-state index is 0.458. The number of methoxy groups -OCH3 is 2. The SMILES string of the molecule is COc1cc(NC(=S)Nc2cnn(Cc3ccccc3)c2)cc(OC)c1. The molecule has 0 saturated carbocycles. The molecule has 1 heterocycles. The summed E-state index contributed by atoms with van der Waals surface area (Å²) in [4.78, 5) is 0. The van der Waals surface area contributed by atoms with Crippen molar-refractivity contribution in [3.05, 3.63) is 66.5 Å². The van der Waals surface area contributed by atoms with Crippen molar-refractivity contribution in [2.24, 2.45) is 0 Å². The second kappa shape index (κ2) is 8.35. The third kappa shape index (κ3) is 4.73. The first-order chi connectivity index (χ1) is 12.7. The third-order valence-electron chi connectivity index (χ3n) is 3.69. The van der Waals surface area contributed by atoms with Crippen LogP contribution in [0.4, 0.5) is 11.4 Å². The van der Waals surface area contributed by atoms with Gasteiger partial charge in [-0.15, -0.1) is 0 Å². The van der Waals surface area contributed by atoms with Crippen LogP contribution >= 0.6 is 12.2 Å². The van der Waals surface area contributed by atoms with E-state index in [1.165, 1.54) is 5.56 Å². The van der Waals surface area contributed by atoms with E-state index >= 15 is 0 Å². The molecule has 0 spiro atoms. The van der Waals surface area contributed by atoms with Crippen molar-refractivity contribution in [1.82, 2.24) is 9.78 Å². The van der Waals surface area contributed by atoms with E-state index in [4.69, 9.17) is 21.7 Å². The second-order valence-corrected chi connectivity index (χ2v) is 6.00. The maximum absolute atomic E-state index is 5.38. The maximum atomic E-state index is 5.38. The molecular formula is C19H20N4O2S. The lowest BCUT2D eigenvalue weighted by Gasteiger charge is -2.12. The van der Waals surface area contributed by atoms with Gasteiger partial charge in [-0.3, -0.25) is 4.68 Å². The van der Waals surface area contributed by atoms with Crippen LogP contribution < -0.4 is 20.1 Å². The lowest BCUT2D eigenvalue weighted by atomic mass is 10.2. The predicted octanol–water partition coefficient (Wildman–Crippen LogP) is 3.76. The Morgan fingerprint density at radius 2 is 1.65 bits per heavy atom. The zero-order valence-electron chi connectivity index (χ0n) is 14.6. The fourth-order valence-electron chi connectivity index (χ4n) is 2.46. The van der Waals surface area contributed by atoms with E-state index in [0.717, 1.165) is 11.4 Å². The van der Waals surface area contributed by atoms with Crippen molar-refractivity contribution in [2.45, 2.75) is 6.54 Å². The van der Waals surface area contributed by atoms with Crippen LogP contribution in [0.15, 0.2) is 60.9 Å². The molecular weight excluding hydrogens is 348 g/mol. The maximum Gasteiger partial charge on any atom is 0.175 e. The first-order valence-electron chi connectivity index (χ1n) is 8.04. The molecule has 134 valence electrons. The van der Waals surface area contributed by atoms with Gasteiger partial charge in [-0.05, 0) is 17.8 Å². The van der Waals surface area contributed by atoms with Crippen molar-refractivity contribution in [3.63, 3.8) is 0 Å². The molecule has 26 heavy (non-hydrogen) atoms. The monoisotopic (exact) mass is 368 g/mol. The standard InChI is InChI=1S/C19H20N4O2S/c1-24-17-8-15(9-18(10-17)25-2)21-19(26)22-16-11-20-23(13-16)12-14-6-4-3-5-7-14/h3-11,13H,12H2,1-2H3,(H2,21,22,26). The van der Waals surface area contributed by atoms with Crippen molar-refractivity contribution in [2.75, 3.05) is 24.9 Å². The first kappa shape index (κ1) is 17.8. The number of ether oxygens (including phenoxy) is 2. The van der Waals surface area contributed by atoms with Gasteiger partial charge in [-0.2, -0.15) is 5.10 Å². The Morgan fingerprint density at radius 1 is 1.00 bits per heavy atom. The van der Waals surface area contributed by atoms with E-state index in [2.05, 4.69) is 27.9 Å². The van der Waals surface area contributed by atoms with Crippen LogP contribution in [0.2, 0.25) is 0 Å². The lowest BCUT2D eigenvalue weighted by Crippen LogP contribution is -2.18. The number of nitrogens with zero attached hydrogens (tertiary/aromatic N) is 2. The quantitative estimate of drug-likeness (QED) is 0.646. The summed E-state index contributed by atoms with van der Waals surface area (Å²) in [5.41, 5.74) is 2.77. The van der Waals surface area contributed by atoms with Gasteiger partial charge < -0.3 is 20.1 Å². The van der Waals surface area contributed by atoms with Crippen LogP contribution in [0.5, 0.6) is 11.5 Å². The zero-order chi connectivity index (χ0) is 18.4. The number of thiocarbonyl (C=S) groups is 1. The van der Waals surface area contributed by atoms with E-state index in [1.807, 2.05) is 41.2 Å². The highest BCUT2D eigenvalue weighted by Crippen LogP contribution is 2.25. The number of hydrogen-bond acceptors (Lipinski definition) is 4. The van der Waals surface area contributed by atoms with Crippen LogP contribution in [-0.2, 0) is 6.54 Å². The molecule has 0 saturated heterocycles. The number of hydrogen-bond donors (Lipinski definition) is 2. The summed E-state index contributed by atoms with van der Waals surface area (Å²) in [5, 5.41) is 11.1. The first-order valence-corrected chi connectivity index (χ1v) is 8.44. The minimum absolute atomic E-state index is 0.458. The average Bonchev–Trinajstić information content (AvgIpc) is 3.08. The molecule has 3 rings (SSSR count). The number of rotatable bonds is 6. The Bertz CT molecular complexity index is 858. The lowest BCUT2D eigenvalue weighted by molar-refractivity contribution is 0.395. The largest absolute Gasteiger partial charge is 0.497 e. The van der Waals surface area contributed by atoms with Crippen molar-refractivity contribution in [1.29, 1.82) is 0 Å². The summed E-state index contributed by atoms with van der Waals surface area (Å²) in [6.07, 6.45) is 3.65. The van der Waals surface area contributed by atoms with Crippen LogP contribution in [-0.4, -0.2) is 29.1 Å². The average molecular weight is 368 g/mol. The smallest absolute Gasteiger partial charge is 0.175 e. The molecule has 1 aromatic heterocycles. The van der Waals surface area contributed by atoms with Crippen LogP contribution in [0.1, 0.15) is 5.56 Å². The van der Waals surface area contributed by atoms with Crippen LogP contribution in [0.25, 0.3) is 0 Å². The highest BCUT2D eigenvalue weighted by Gasteiger charge is 2.06. The molecule has 0 aliphatic heterocycles. The zero-order valence-corrected chi connectivity index (χ0v) is 15.4. The van der Waals surface area contributed by atoms with Gasteiger partial charge in [0.05, 0.1) is 32.6 Å². The number of anilines is 2. The summed E-state index contributed by atoms with van der Waals surface area (Å²) in [7, 11) is 3.21. The molecule has 0 aliphatic rings. The van der Waals surface area contributed by atoms with Crippen molar-refractivity contribution >= 4 is 28.7 Å². The van der Waals surface area contributed by atoms with Crippen molar-refractivity contribution in [3.8, 4) is 11.5 Å². The molecule has 0 radical (unpaired) electrons. The van der Waals surface area contributed by atoms with Gasteiger partial charge in [0, 0.05) is 30.1 Å². The van der Waals surface area contributed by atoms with Gasteiger partial charge in [0.1, 0.15) is 11.5 Å². The third-order valence-corrected chi connectivity index (χ3v) is 3.89. The van der Waals surface area contributed by atoms with Gasteiger partial charge in [-0.1, -0.05) is 30.3 Å². The van der Waals surface area contributed by atoms with Gasteiger partial charge in [0.25, 0.3) is 0 Å². The second-order valence-electron chi connectivity index (χ2n) is 5.59. The summed E-state index contributed by atoms with van der Waals surface area (Å²) in [5.74, 6) is 1.37. The van der Waals surface area contributed by atoms with E-state index in [0.29, 0.717) is 23.2 Å². The molecule has 2 aromatic carbocycles. The molecule has 0 aliphatic carbocycles. The van der Waals surface area contributed by atoms with E-state index < -0.39 is 0 Å². The van der Waals surface area contributed by atoms with Crippen molar-refractivity contribution < 1.29 is 9.47 Å². The summed E-state index contributed by atoms with van der Waals surface area (Å²) in [6, 6.07) is 15.6. The van der Waals surface area contributed by atoms with E-state index in [-0.39, 0.29) is 0 Å². The summed E-state index contributed by atoms with van der Waals surface area (Å²) >= 11 is 5.38. The molecule has 2 N–H and O–H groups in total. The summed E-state index contributed by atoms with van der Waals surface area (Å²) in [6.45, 7) is 0.704. The fraction of sp³-hybridized carbons (Fsp3) is 0.158. The molecule has 6 nitrogen and oxygen atoms in total. The van der Waals surface area contributed by atoms with E-state index in [9.17, 15) is 0 Å². The fourth-order valence-corrected chi connectivity index (χ4v) is 2.69. The highest BCUT2D eigenvalue weighted by atomic mass is 32.1. The number of benzene rings is 2. The van der Waals surface area contributed by atoms with Crippen LogP contribution in [0.3, 0.4) is 0 Å². The molecule has 0 fully saturated rings. The van der Waals surface area contributed by atoms with E-state index in [1.54, 1.807) is 26.5 Å². The highest BCUT2D eigenvalue weighted by molar-refractivity contribution is 7.80. The number of aromatic nitrogens is 2. The Kier molecular flexibility index (Phi) is 5.70. The van der Waals surface area contributed by atoms with Gasteiger partial charge in [0.15, 0.2) is 5.11 Å². The van der Waals surface area contributed by atoms with Gasteiger partial charge >= 0.3 is 0 Å². The molecule has 0 amide bonds. The Hall–Kier alpha value is -3.06. The normalized spacial score (nSPS) is 10.2. The minimum Gasteiger partial charge on any atom is -0.497 e. The predicted molar refractivity (Wildman–Crippen MR) is 107 cm³/mol. The summed E-state index contributed by atoms with van der Waals surface area (Å²) < 4.78 is 12.4. The Labute approximate surface area is 157 Å². The van der Waals surface area contributed by atoms with Crippen LogP contribution in [0, 0.1) is 0 Å². The molecule has 0 atom stereocenters. The Balaban J connectivity index is 1.62. The van der Waals surface area contributed by atoms with Gasteiger partial charge in [0.2, 0.25) is 0 Å². The number of nitrogens with one attached hydrogen (secondary N) is 2. The molecule has 0 bridgehead atoms. The molecule has 7 heteroatoms. The Morgan fingerprint density at radius 3 is 2.31 bits per heavy atom. The topological polar surface area (TPSA) is 60.3 Å². The molecule has 3 aromatic rings.